The molecule has 0 aliphatic heterocycles. The first-order valence-corrected chi connectivity index (χ1v) is 9.67. The van der Waals surface area contributed by atoms with Crippen LogP contribution in [0.1, 0.15) is 23.6 Å². The Morgan fingerprint density at radius 3 is 2.59 bits per heavy atom. The molecule has 1 heterocycles. The zero-order valence-electron chi connectivity index (χ0n) is 15.7. The molecule has 0 saturated heterocycles. The molecule has 0 radical (unpaired) electrons. The fourth-order valence-electron chi connectivity index (χ4n) is 3.00. The lowest BCUT2D eigenvalue weighted by Gasteiger charge is -2.06. The molecule has 0 aliphatic carbocycles. The number of nitrogens with zero attached hydrogens (tertiary/aromatic N) is 2. The van der Waals surface area contributed by atoms with Gasteiger partial charge in [-0.2, -0.15) is 4.99 Å². The number of benzene rings is 2. The van der Waals surface area contributed by atoms with Gasteiger partial charge in [0.05, 0.1) is 23.2 Å². The van der Waals surface area contributed by atoms with Crippen LogP contribution < -0.4 is 4.80 Å². The third-order valence-corrected chi connectivity index (χ3v) is 5.35. The highest BCUT2D eigenvalue weighted by Gasteiger charge is 2.14. The van der Waals surface area contributed by atoms with Crippen LogP contribution in [-0.2, 0) is 27.3 Å². The Labute approximate surface area is 161 Å². The average Bonchev–Trinajstić information content (AvgIpc) is 2.94. The summed E-state index contributed by atoms with van der Waals surface area (Å²) in [6.07, 6.45) is 0.229. The van der Waals surface area contributed by atoms with E-state index in [1.54, 1.807) is 11.5 Å². The second-order valence-corrected chi connectivity index (χ2v) is 7.35. The number of carbonyl (C=O) groups excluding carboxylic acids is 2. The molecule has 27 heavy (non-hydrogen) atoms. The molecule has 1 amide bonds. The van der Waals surface area contributed by atoms with Gasteiger partial charge in [0.1, 0.15) is 6.54 Å². The molecule has 0 bridgehead atoms. The fourth-order valence-corrected chi connectivity index (χ4v) is 4.10. The van der Waals surface area contributed by atoms with Gasteiger partial charge in [-0.25, -0.2) is 0 Å². The number of hydrogen-bond donors (Lipinski definition) is 0. The summed E-state index contributed by atoms with van der Waals surface area (Å²) in [6.45, 7) is 6.16. The average molecular weight is 382 g/mol. The van der Waals surface area contributed by atoms with Crippen LogP contribution in [0.15, 0.2) is 47.5 Å². The number of amides is 1. The molecule has 0 atom stereocenters. The lowest BCUT2D eigenvalue weighted by Crippen LogP contribution is -2.23. The molecule has 140 valence electrons. The molecular formula is C21H22N2O3S. The van der Waals surface area contributed by atoms with E-state index < -0.39 is 0 Å². The third-order valence-electron chi connectivity index (χ3n) is 4.13. The number of fused-ring (bicyclic) bond motifs is 1. The highest BCUT2D eigenvalue weighted by molar-refractivity contribution is 7.16. The fraction of sp³-hybridized carbons (Fsp3) is 0.286. The Kier molecular flexibility index (Phi) is 5.86. The summed E-state index contributed by atoms with van der Waals surface area (Å²) in [5.41, 5.74) is 4.01. The summed E-state index contributed by atoms with van der Waals surface area (Å²) in [6, 6.07) is 13.6. The number of thiazole rings is 1. The van der Waals surface area contributed by atoms with Gasteiger partial charge in [-0.15, -0.1) is 0 Å². The quantitative estimate of drug-likeness (QED) is 0.634. The van der Waals surface area contributed by atoms with Gasteiger partial charge in [0.15, 0.2) is 4.80 Å². The Balaban J connectivity index is 2.06. The largest absolute Gasteiger partial charge is 0.465 e. The molecule has 0 saturated carbocycles. The highest BCUT2D eigenvalue weighted by atomic mass is 32.1. The molecule has 6 heteroatoms. The summed E-state index contributed by atoms with van der Waals surface area (Å²) in [4.78, 5) is 29.4. The van der Waals surface area contributed by atoms with Crippen LogP contribution in [0.3, 0.4) is 0 Å². The smallest absolute Gasteiger partial charge is 0.326 e. The number of aryl methyl sites for hydroxylation is 2. The lowest BCUT2D eigenvalue weighted by molar-refractivity contribution is -0.143. The maximum Gasteiger partial charge on any atom is 0.326 e. The Bertz CT molecular complexity index is 1050. The molecule has 0 unspecified atom stereocenters. The van der Waals surface area contributed by atoms with Crippen molar-refractivity contribution in [3.63, 3.8) is 0 Å². The molecule has 3 aromatic rings. The van der Waals surface area contributed by atoms with Gasteiger partial charge in [-0.1, -0.05) is 47.7 Å². The number of carbonyl (C=O) groups is 2. The SMILES string of the molecule is CCOC(=O)Cn1c(=NC(=O)Cc2ccccc2)sc2c(C)cc(C)cc21. The van der Waals surface area contributed by atoms with Crippen LogP contribution in [0, 0.1) is 13.8 Å². The lowest BCUT2D eigenvalue weighted by atomic mass is 10.1. The second-order valence-electron chi connectivity index (χ2n) is 6.37. The van der Waals surface area contributed by atoms with E-state index in [0.717, 1.165) is 26.9 Å². The van der Waals surface area contributed by atoms with Crippen LogP contribution >= 0.6 is 11.3 Å². The zero-order valence-corrected chi connectivity index (χ0v) is 16.5. The van der Waals surface area contributed by atoms with E-state index in [-0.39, 0.29) is 24.8 Å². The molecule has 3 rings (SSSR count). The standard InChI is InChI=1S/C21H22N2O3S/c1-4-26-19(25)13-23-17-11-14(2)10-15(3)20(17)27-21(23)22-18(24)12-16-8-6-5-7-9-16/h5-11H,4,12-13H2,1-3H3. The van der Waals surface area contributed by atoms with E-state index >= 15 is 0 Å². The first-order valence-electron chi connectivity index (χ1n) is 8.85. The number of rotatable bonds is 5. The van der Waals surface area contributed by atoms with Crippen molar-refractivity contribution in [2.45, 2.75) is 33.7 Å². The molecule has 0 fully saturated rings. The highest BCUT2D eigenvalue weighted by Crippen LogP contribution is 2.23. The van der Waals surface area contributed by atoms with E-state index in [1.165, 1.54) is 11.3 Å². The van der Waals surface area contributed by atoms with Gasteiger partial charge >= 0.3 is 5.97 Å². The molecule has 2 aromatic carbocycles. The van der Waals surface area contributed by atoms with Crippen molar-refractivity contribution in [1.29, 1.82) is 0 Å². The van der Waals surface area contributed by atoms with Crippen molar-refractivity contribution < 1.29 is 14.3 Å². The van der Waals surface area contributed by atoms with Crippen molar-refractivity contribution in [3.05, 3.63) is 64.0 Å². The van der Waals surface area contributed by atoms with Gasteiger partial charge in [0.2, 0.25) is 0 Å². The first kappa shape index (κ1) is 19.0. The van der Waals surface area contributed by atoms with Crippen molar-refractivity contribution >= 4 is 33.4 Å². The molecule has 5 nitrogen and oxygen atoms in total. The molecule has 0 spiro atoms. The minimum atomic E-state index is -0.340. The Morgan fingerprint density at radius 1 is 1.15 bits per heavy atom. The molecule has 0 aliphatic rings. The summed E-state index contributed by atoms with van der Waals surface area (Å²) in [5.74, 6) is -0.576. The monoisotopic (exact) mass is 382 g/mol. The number of ether oxygens (including phenoxy) is 1. The zero-order chi connectivity index (χ0) is 19.4. The van der Waals surface area contributed by atoms with Gasteiger partial charge in [0, 0.05) is 0 Å². The van der Waals surface area contributed by atoms with Gasteiger partial charge in [-0.05, 0) is 43.5 Å². The van der Waals surface area contributed by atoms with Crippen LogP contribution in [-0.4, -0.2) is 23.1 Å². The van der Waals surface area contributed by atoms with Crippen LogP contribution in [0.5, 0.6) is 0 Å². The number of aromatic nitrogens is 1. The second kappa shape index (κ2) is 8.31. The van der Waals surface area contributed by atoms with Gasteiger partial charge < -0.3 is 9.30 Å². The first-order chi connectivity index (χ1) is 13.0. The maximum absolute atomic E-state index is 12.5. The number of hydrogen-bond acceptors (Lipinski definition) is 4. The summed E-state index contributed by atoms with van der Waals surface area (Å²) >= 11 is 1.43. The molecule has 0 N–H and O–H groups in total. The Morgan fingerprint density at radius 2 is 1.89 bits per heavy atom. The topological polar surface area (TPSA) is 60.7 Å². The predicted molar refractivity (Wildman–Crippen MR) is 107 cm³/mol. The van der Waals surface area contributed by atoms with Crippen molar-refractivity contribution in [1.82, 2.24) is 4.57 Å². The summed E-state index contributed by atoms with van der Waals surface area (Å²) < 4.78 is 7.90. The van der Waals surface area contributed by atoms with Gasteiger partial charge in [0.25, 0.3) is 5.91 Å². The van der Waals surface area contributed by atoms with Crippen molar-refractivity contribution in [3.8, 4) is 0 Å². The normalized spacial score (nSPS) is 11.7. The predicted octanol–water partition coefficient (Wildman–Crippen LogP) is 3.55. The molecule has 1 aromatic heterocycles. The van der Waals surface area contributed by atoms with E-state index in [4.69, 9.17) is 4.74 Å². The summed E-state index contributed by atoms with van der Waals surface area (Å²) in [7, 11) is 0. The minimum Gasteiger partial charge on any atom is -0.465 e. The van der Waals surface area contributed by atoms with Crippen LogP contribution in [0.25, 0.3) is 10.2 Å². The molecular weight excluding hydrogens is 360 g/mol. The maximum atomic E-state index is 12.5. The minimum absolute atomic E-state index is 0.0359. The van der Waals surface area contributed by atoms with Crippen molar-refractivity contribution in [2.75, 3.05) is 6.61 Å². The van der Waals surface area contributed by atoms with E-state index in [9.17, 15) is 9.59 Å². The van der Waals surface area contributed by atoms with Crippen LogP contribution in [0.2, 0.25) is 0 Å². The Hall–Kier alpha value is -2.73. The van der Waals surface area contributed by atoms with Crippen LogP contribution in [0.4, 0.5) is 0 Å². The van der Waals surface area contributed by atoms with E-state index in [2.05, 4.69) is 11.1 Å². The van der Waals surface area contributed by atoms with Gasteiger partial charge in [-0.3, -0.25) is 9.59 Å². The summed E-state index contributed by atoms with van der Waals surface area (Å²) in [5, 5.41) is 0. The van der Waals surface area contributed by atoms with Crippen molar-refractivity contribution in [2.24, 2.45) is 4.99 Å². The van der Waals surface area contributed by atoms with E-state index in [0.29, 0.717) is 11.4 Å². The third kappa shape index (κ3) is 4.52. The number of esters is 1. The van der Waals surface area contributed by atoms with E-state index in [1.807, 2.05) is 50.2 Å².